The van der Waals surface area contributed by atoms with Crippen molar-refractivity contribution in [1.29, 1.82) is 0 Å². The van der Waals surface area contributed by atoms with Crippen LogP contribution in [0.1, 0.15) is 15.9 Å². The SMILES string of the molecule is CSCCN(C)C(=O)c1ccc(C)cc1N. The fourth-order valence-electron chi connectivity index (χ4n) is 1.41. The molecule has 1 amide bonds. The molecule has 0 radical (unpaired) electrons. The van der Waals surface area contributed by atoms with Crippen LogP contribution in [-0.2, 0) is 0 Å². The molecule has 0 atom stereocenters. The zero-order chi connectivity index (χ0) is 12.1. The van der Waals surface area contributed by atoms with Gasteiger partial charge in [-0.2, -0.15) is 11.8 Å². The molecule has 0 aliphatic heterocycles. The second-order valence-electron chi connectivity index (χ2n) is 3.81. The second-order valence-corrected chi connectivity index (χ2v) is 4.80. The van der Waals surface area contributed by atoms with E-state index in [0.29, 0.717) is 11.3 Å². The van der Waals surface area contributed by atoms with E-state index in [0.717, 1.165) is 17.9 Å². The molecule has 2 N–H and O–H groups in total. The van der Waals surface area contributed by atoms with Gasteiger partial charge in [-0.1, -0.05) is 6.07 Å². The molecule has 0 saturated heterocycles. The fourth-order valence-corrected chi connectivity index (χ4v) is 1.87. The Morgan fingerprint density at radius 3 is 2.75 bits per heavy atom. The first-order valence-electron chi connectivity index (χ1n) is 5.16. The lowest BCUT2D eigenvalue weighted by molar-refractivity contribution is 0.0805. The Morgan fingerprint density at radius 2 is 2.19 bits per heavy atom. The van der Waals surface area contributed by atoms with Crippen molar-refractivity contribution >= 4 is 23.4 Å². The number of nitrogens with zero attached hydrogens (tertiary/aromatic N) is 1. The molecule has 3 nitrogen and oxygen atoms in total. The topological polar surface area (TPSA) is 46.3 Å². The van der Waals surface area contributed by atoms with Crippen LogP contribution in [0.4, 0.5) is 5.69 Å². The van der Waals surface area contributed by atoms with E-state index in [1.165, 1.54) is 0 Å². The van der Waals surface area contributed by atoms with Crippen molar-refractivity contribution in [3.63, 3.8) is 0 Å². The Morgan fingerprint density at radius 1 is 1.50 bits per heavy atom. The van der Waals surface area contributed by atoms with E-state index < -0.39 is 0 Å². The lowest BCUT2D eigenvalue weighted by atomic mass is 10.1. The Hall–Kier alpha value is -1.16. The lowest BCUT2D eigenvalue weighted by Gasteiger charge is -2.17. The summed E-state index contributed by atoms with van der Waals surface area (Å²) < 4.78 is 0. The lowest BCUT2D eigenvalue weighted by Crippen LogP contribution is -2.29. The van der Waals surface area contributed by atoms with Gasteiger partial charge in [0.2, 0.25) is 0 Å². The number of hydrogen-bond donors (Lipinski definition) is 1. The third-order valence-electron chi connectivity index (χ3n) is 2.41. The Bertz CT molecular complexity index is 379. The normalized spacial score (nSPS) is 10.2. The average Bonchev–Trinajstić information content (AvgIpc) is 2.25. The summed E-state index contributed by atoms with van der Waals surface area (Å²) in [5.74, 6) is 0.931. The van der Waals surface area contributed by atoms with Gasteiger partial charge in [-0.05, 0) is 30.9 Å². The number of anilines is 1. The molecule has 0 aromatic heterocycles. The summed E-state index contributed by atoms with van der Waals surface area (Å²) in [5.41, 5.74) is 8.05. The Kier molecular flexibility index (Phi) is 4.68. The fraction of sp³-hybridized carbons (Fsp3) is 0.417. The molecule has 0 saturated carbocycles. The van der Waals surface area contributed by atoms with Gasteiger partial charge in [-0.25, -0.2) is 0 Å². The van der Waals surface area contributed by atoms with Gasteiger partial charge in [0, 0.05) is 25.0 Å². The monoisotopic (exact) mass is 238 g/mol. The molecular weight excluding hydrogens is 220 g/mol. The molecule has 1 rings (SSSR count). The average molecular weight is 238 g/mol. The number of benzene rings is 1. The van der Waals surface area contributed by atoms with Gasteiger partial charge >= 0.3 is 0 Å². The number of aryl methyl sites for hydroxylation is 1. The molecular formula is C12H18N2OS. The van der Waals surface area contributed by atoms with Crippen molar-refractivity contribution in [2.24, 2.45) is 0 Å². The van der Waals surface area contributed by atoms with Gasteiger partial charge in [-0.15, -0.1) is 0 Å². The molecule has 0 heterocycles. The van der Waals surface area contributed by atoms with E-state index in [4.69, 9.17) is 5.73 Å². The van der Waals surface area contributed by atoms with Crippen molar-refractivity contribution < 1.29 is 4.79 Å². The zero-order valence-electron chi connectivity index (χ0n) is 9.99. The van der Waals surface area contributed by atoms with Crippen molar-refractivity contribution in [2.45, 2.75) is 6.92 Å². The molecule has 0 aliphatic carbocycles. The summed E-state index contributed by atoms with van der Waals surface area (Å²) in [4.78, 5) is 13.7. The minimum absolute atomic E-state index is 0.00782. The van der Waals surface area contributed by atoms with Gasteiger partial charge in [0.1, 0.15) is 0 Å². The summed E-state index contributed by atoms with van der Waals surface area (Å²) in [6, 6.07) is 5.53. The molecule has 0 unspecified atom stereocenters. The highest BCUT2D eigenvalue weighted by molar-refractivity contribution is 7.98. The van der Waals surface area contributed by atoms with Crippen LogP contribution in [0.15, 0.2) is 18.2 Å². The smallest absolute Gasteiger partial charge is 0.255 e. The predicted molar refractivity (Wildman–Crippen MR) is 70.9 cm³/mol. The van der Waals surface area contributed by atoms with Crippen LogP contribution in [-0.4, -0.2) is 36.4 Å². The number of nitrogen functional groups attached to an aromatic ring is 1. The van der Waals surface area contributed by atoms with Crippen molar-refractivity contribution in [3.8, 4) is 0 Å². The van der Waals surface area contributed by atoms with E-state index >= 15 is 0 Å². The van der Waals surface area contributed by atoms with Gasteiger partial charge in [0.15, 0.2) is 0 Å². The van der Waals surface area contributed by atoms with Crippen LogP contribution in [0.2, 0.25) is 0 Å². The van der Waals surface area contributed by atoms with Crippen LogP contribution in [0.3, 0.4) is 0 Å². The highest BCUT2D eigenvalue weighted by Crippen LogP contribution is 2.15. The van der Waals surface area contributed by atoms with Gasteiger partial charge in [-0.3, -0.25) is 4.79 Å². The van der Waals surface area contributed by atoms with E-state index in [1.54, 1.807) is 29.8 Å². The molecule has 4 heteroatoms. The Labute approximate surface area is 101 Å². The maximum absolute atomic E-state index is 12.0. The number of hydrogen-bond acceptors (Lipinski definition) is 3. The third-order valence-corrected chi connectivity index (χ3v) is 3.01. The van der Waals surface area contributed by atoms with Gasteiger partial charge in [0.05, 0.1) is 5.56 Å². The van der Waals surface area contributed by atoms with Crippen LogP contribution >= 0.6 is 11.8 Å². The summed E-state index contributed by atoms with van der Waals surface area (Å²) in [5, 5.41) is 0. The van der Waals surface area contributed by atoms with Crippen molar-refractivity contribution in [3.05, 3.63) is 29.3 Å². The first kappa shape index (κ1) is 12.9. The highest BCUT2D eigenvalue weighted by atomic mass is 32.2. The number of rotatable bonds is 4. The van der Waals surface area contributed by atoms with Crippen LogP contribution in [0, 0.1) is 6.92 Å². The first-order valence-corrected chi connectivity index (χ1v) is 6.56. The molecule has 0 spiro atoms. The number of carbonyl (C=O) groups is 1. The highest BCUT2D eigenvalue weighted by Gasteiger charge is 2.13. The van der Waals surface area contributed by atoms with E-state index in [9.17, 15) is 4.79 Å². The first-order chi connectivity index (χ1) is 7.56. The van der Waals surface area contributed by atoms with E-state index in [2.05, 4.69) is 0 Å². The van der Waals surface area contributed by atoms with Crippen LogP contribution in [0.25, 0.3) is 0 Å². The van der Waals surface area contributed by atoms with Crippen LogP contribution in [0.5, 0.6) is 0 Å². The van der Waals surface area contributed by atoms with Crippen molar-refractivity contribution in [1.82, 2.24) is 4.90 Å². The summed E-state index contributed by atoms with van der Waals surface area (Å²) >= 11 is 1.72. The molecule has 88 valence electrons. The van der Waals surface area contributed by atoms with Gasteiger partial charge < -0.3 is 10.6 Å². The third kappa shape index (κ3) is 3.17. The molecule has 1 aromatic carbocycles. The minimum Gasteiger partial charge on any atom is -0.398 e. The number of carbonyl (C=O) groups excluding carboxylic acids is 1. The largest absolute Gasteiger partial charge is 0.398 e. The summed E-state index contributed by atoms with van der Waals surface area (Å²) in [6.07, 6.45) is 2.03. The molecule has 1 aromatic rings. The number of thioether (sulfide) groups is 1. The summed E-state index contributed by atoms with van der Waals surface area (Å²) in [6.45, 7) is 2.70. The molecule has 0 fully saturated rings. The zero-order valence-corrected chi connectivity index (χ0v) is 10.8. The second kappa shape index (κ2) is 5.80. The Balaban J connectivity index is 2.79. The summed E-state index contributed by atoms with van der Waals surface area (Å²) in [7, 11) is 1.80. The number of nitrogens with two attached hydrogens (primary N) is 1. The number of amides is 1. The van der Waals surface area contributed by atoms with Crippen LogP contribution < -0.4 is 5.73 Å². The molecule has 0 aliphatic rings. The predicted octanol–water partition coefficient (Wildman–Crippen LogP) is 2.01. The quantitative estimate of drug-likeness (QED) is 0.816. The van der Waals surface area contributed by atoms with E-state index in [-0.39, 0.29) is 5.91 Å². The molecule has 0 bridgehead atoms. The van der Waals surface area contributed by atoms with Crippen molar-refractivity contribution in [2.75, 3.05) is 31.3 Å². The molecule has 16 heavy (non-hydrogen) atoms. The van der Waals surface area contributed by atoms with E-state index in [1.807, 2.05) is 25.3 Å². The maximum Gasteiger partial charge on any atom is 0.255 e. The maximum atomic E-state index is 12.0. The minimum atomic E-state index is -0.00782. The van der Waals surface area contributed by atoms with Gasteiger partial charge in [0.25, 0.3) is 5.91 Å². The standard InChI is InChI=1S/C12H18N2OS/c1-9-4-5-10(11(13)8-9)12(15)14(2)6-7-16-3/h4-5,8H,6-7,13H2,1-3H3.